The molecule has 4 nitrogen and oxygen atoms in total. The van der Waals surface area contributed by atoms with Crippen LogP contribution in [0.4, 0.5) is 13.2 Å². The molecule has 1 unspecified atom stereocenters. The molecular formula is C18H17F3N2O2. The third kappa shape index (κ3) is 4.29. The van der Waals surface area contributed by atoms with E-state index in [1.165, 1.54) is 12.1 Å². The van der Waals surface area contributed by atoms with Crippen molar-refractivity contribution < 1.29 is 22.7 Å². The summed E-state index contributed by atoms with van der Waals surface area (Å²) in [6.45, 7) is -0.260. The van der Waals surface area contributed by atoms with Gasteiger partial charge in [0, 0.05) is 6.20 Å². The van der Waals surface area contributed by atoms with Gasteiger partial charge in [-0.2, -0.15) is 13.2 Å². The van der Waals surface area contributed by atoms with Gasteiger partial charge >= 0.3 is 6.18 Å². The average Bonchev–Trinajstić information content (AvgIpc) is 2.60. The summed E-state index contributed by atoms with van der Waals surface area (Å²) in [5.74, 6) is -0.117. The van der Waals surface area contributed by atoms with Crippen LogP contribution in [-0.4, -0.2) is 17.5 Å². The molecule has 0 fully saturated rings. The molecule has 1 atom stereocenters. The maximum Gasteiger partial charge on any atom is 0.416 e. The number of amides is 1. The number of ether oxygens (including phenoxy) is 1. The summed E-state index contributed by atoms with van der Waals surface area (Å²) in [7, 11) is 0. The van der Waals surface area contributed by atoms with E-state index in [1.807, 2.05) is 12.1 Å². The third-order valence-corrected chi connectivity index (χ3v) is 4.08. The Balaban J connectivity index is 1.55. The number of alkyl halides is 3. The number of carbonyl (C=O) groups excluding carboxylic acids is 1. The summed E-state index contributed by atoms with van der Waals surface area (Å²) in [5.41, 5.74) is 1.24. The predicted molar refractivity (Wildman–Crippen MR) is 85.0 cm³/mol. The molecule has 0 spiro atoms. The zero-order chi connectivity index (χ0) is 17.9. The van der Waals surface area contributed by atoms with Crippen molar-refractivity contribution in [3.63, 3.8) is 0 Å². The van der Waals surface area contributed by atoms with Crippen molar-refractivity contribution in [3.8, 4) is 5.75 Å². The van der Waals surface area contributed by atoms with E-state index in [9.17, 15) is 18.0 Å². The monoisotopic (exact) mass is 350 g/mol. The summed E-state index contributed by atoms with van der Waals surface area (Å²) >= 11 is 0. The Labute approximate surface area is 143 Å². The topological polar surface area (TPSA) is 51.2 Å². The van der Waals surface area contributed by atoms with Crippen molar-refractivity contribution in [2.75, 3.05) is 6.61 Å². The molecule has 0 saturated heterocycles. The normalized spacial score (nSPS) is 16.8. The molecule has 2 aromatic rings. The number of nitrogens with zero attached hydrogens (tertiary/aromatic N) is 1. The molecule has 0 bridgehead atoms. The zero-order valence-electron chi connectivity index (χ0n) is 13.3. The molecule has 0 saturated carbocycles. The van der Waals surface area contributed by atoms with Crippen LogP contribution in [0, 0.1) is 0 Å². The van der Waals surface area contributed by atoms with Crippen LogP contribution < -0.4 is 10.1 Å². The molecule has 1 aliphatic carbocycles. The Morgan fingerprint density at radius 2 is 2.00 bits per heavy atom. The second-order valence-corrected chi connectivity index (χ2v) is 5.87. The molecule has 0 radical (unpaired) electrons. The molecule has 1 aromatic carbocycles. The molecule has 25 heavy (non-hydrogen) atoms. The molecule has 1 N–H and O–H groups in total. The predicted octanol–water partition coefficient (Wildman–Crippen LogP) is 3.67. The van der Waals surface area contributed by atoms with Gasteiger partial charge in [0.25, 0.3) is 5.91 Å². The highest BCUT2D eigenvalue weighted by Crippen LogP contribution is 2.30. The van der Waals surface area contributed by atoms with Crippen LogP contribution in [0.1, 0.15) is 35.7 Å². The second-order valence-electron chi connectivity index (χ2n) is 5.87. The number of hydrogen-bond acceptors (Lipinski definition) is 3. The zero-order valence-corrected chi connectivity index (χ0v) is 13.3. The minimum Gasteiger partial charge on any atom is -0.484 e. The van der Waals surface area contributed by atoms with Crippen LogP contribution in [0.2, 0.25) is 0 Å². The van der Waals surface area contributed by atoms with Crippen LogP contribution in [-0.2, 0) is 17.4 Å². The fourth-order valence-corrected chi connectivity index (χ4v) is 2.87. The van der Waals surface area contributed by atoms with Gasteiger partial charge in [-0.05, 0) is 55.2 Å². The Morgan fingerprint density at radius 3 is 2.72 bits per heavy atom. The van der Waals surface area contributed by atoms with E-state index in [0.717, 1.165) is 42.7 Å². The molecule has 3 rings (SSSR count). The molecule has 0 aliphatic heterocycles. The van der Waals surface area contributed by atoms with Gasteiger partial charge in [0.2, 0.25) is 0 Å². The van der Waals surface area contributed by atoms with E-state index in [2.05, 4.69) is 10.3 Å². The lowest BCUT2D eigenvalue weighted by Crippen LogP contribution is -2.34. The first kappa shape index (κ1) is 17.3. The van der Waals surface area contributed by atoms with Crippen molar-refractivity contribution >= 4 is 5.91 Å². The summed E-state index contributed by atoms with van der Waals surface area (Å²) in [5, 5.41) is 2.87. The molecule has 1 aromatic heterocycles. The molecule has 1 amide bonds. The smallest absolute Gasteiger partial charge is 0.416 e. The van der Waals surface area contributed by atoms with Crippen LogP contribution in [0.25, 0.3) is 0 Å². The SMILES string of the molecule is O=C(COc1ccc(C(F)(F)F)cc1)NC1CCCc2cccnc21. The lowest BCUT2D eigenvalue weighted by atomic mass is 9.92. The van der Waals surface area contributed by atoms with Crippen molar-refractivity contribution in [1.29, 1.82) is 0 Å². The number of aromatic nitrogens is 1. The number of hydrogen-bond donors (Lipinski definition) is 1. The van der Waals surface area contributed by atoms with Gasteiger partial charge in [0.05, 0.1) is 17.3 Å². The van der Waals surface area contributed by atoms with Crippen molar-refractivity contribution in [1.82, 2.24) is 10.3 Å². The maximum atomic E-state index is 12.5. The number of rotatable bonds is 4. The highest BCUT2D eigenvalue weighted by molar-refractivity contribution is 5.78. The van der Waals surface area contributed by atoms with Gasteiger partial charge in [-0.15, -0.1) is 0 Å². The largest absolute Gasteiger partial charge is 0.484 e. The lowest BCUT2D eigenvalue weighted by Gasteiger charge is -2.25. The van der Waals surface area contributed by atoms with E-state index in [1.54, 1.807) is 6.20 Å². The van der Waals surface area contributed by atoms with Crippen molar-refractivity contribution in [2.24, 2.45) is 0 Å². The summed E-state index contributed by atoms with van der Waals surface area (Å²) < 4.78 is 42.8. The Kier molecular flexibility index (Phi) is 4.92. The van der Waals surface area contributed by atoms with Gasteiger partial charge in [-0.25, -0.2) is 0 Å². The third-order valence-electron chi connectivity index (χ3n) is 4.08. The van der Waals surface area contributed by atoms with E-state index in [-0.39, 0.29) is 24.3 Å². The highest BCUT2D eigenvalue weighted by Gasteiger charge is 2.30. The van der Waals surface area contributed by atoms with E-state index in [4.69, 9.17) is 4.74 Å². The summed E-state index contributed by atoms with van der Waals surface area (Å²) in [6.07, 6.45) is 0.0102. The summed E-state index contributed by atoms with van der Waals surface area (Å²) in [4.78, 5) is 16.4. The molecule has 1 heterocycles. The molecule has 132 valence electrons. The number of fused-ring (bicyclic) bond motifs is 1. The van der Waals surface area contributed by atoms with Crippen LogP contribution in [0.5, 0.6) is 5.75 Å². The molecule has 7 heteroatoms. The van der Waals surface area contributed by atoms with Gasteiger partial charge in [-0.3, -0.25) is 9.78 Å². The van der Waals surface area contributed by atoms with Gasteiger partial charge in [0.15, 0.2) is 6.61 Å². The number of benzene rings is 1. The lowest BCUT2D eigenvalue weighted by molar-refractivity contribution is -0.137. The number of carbonyl (C=O) groups is 1. The van der Waals surface area contributed by atoms with E-state index < -0.39 is 11.7 Å². The number of halogens is 3. The number of nitrogens with one attached hydrogen (secondary N) is 1. The van der Waals surface area contributed by atoms with Crippen LogP contribution in [0.15, 0.2) is 42.6 Å². The van der Waals surface area contributed by atoms with E-state index in [0.29, 0.717) is 0 Å². The minimum absolute atomic E-state index is 0.159. The first-order valence-electron chi connectivity index (χ1n) is 7.97. The second kappa shape index (κ2) is 7.13. The average molecular weight is 350 g/mol. The van der Waals surface area contributed by atoms with Crippen molar-refractivity contribution in [2.45, 2.75) is 31.5 Å². The van der Waals surface area contributed by atoms with Gasteiger partial charge in [-0.1, -0.05) is 6.07 Å². The first-order chi connectivity index (χ1) is 11.9. The molecular weight excluding hydrogens is 333 g/mol. The Morgan fingerprint density at radius 1 is 1.24 bits per heavy atom. The summed E-state index contributed by atoms with van der Waals surface area (Å²) in [6, 6.07) is 7.97. The van der Waals surface area contributed by atoms with E-state index >= 15 is 0 Å². The van der Waals surface area contributed by atoms with Crippen LogP contribution >= 0.6 is 0 Å². The number of pyridine rings is 1. The fraction of sp³-hybridized carbons (Fsp3) is 0.333. The van der Waals surface area contributed by atoms with Crippen LogP contribution in [0.3, 0.4) is 0 Å². The Hall–Kier alpha value is -2.57. The van der Waals surface area contributed by atoms with Gasteiger partial charge in [0.1, 0.15) is 5.75 Å². The van der Waals surface area contributed by atoms with Crippen molar-refractivity contribution in [3.05, 3.63) is 59.4 Å². The standard InChI is InChI=1S/C18H17F3N2O2/c19-18(20,21)13-6-8-14(9-7-13)25-11-16(24)23-15-5-1-3-12-4-2-10-22-17(12)15/h2,4,6-10,15H,1,3,5,11H2,(H,23,24). The fourth-order valence-electron chi connectivity index (χ4n) is 2.87. The molecule has 1 aliphatic rings. The quantitative estimate of drug-likeness (QED) is 0.915. The Bertz CT molecular complexity index is 745. The minimum atomic E-state index is -4.39. The van der Waals surface area contributed by atoms with Gasteiger partial charge < -0.3 is 10.1 Å². The first-order valence-corrected chi connectivity index (χ1v) is 7.97. The number of aryl methyl sites for hydroxylation is 1. The maximum absolute atomic E-state index is 12.5. The highest BCUT2D eigenvalue weighted by atomic mass is 19.4.